The molecule has 1 unspecified atom stereocenters. The molecule has 4 heteroatoms. The number of nitriles is 1. The Labute approximate surface area is 87.7 Å². The maximum absolute atomic E-state index is 12.8. The molecular weight excluding hydrogens is 197 g/mol. The third-order valence-electron chi connectivity index (χ3n) is 1.98. The van der Waals surface area contributed by atoms with Crippen LogP contribution < -0.4 is 4.74 Å². The first-order valence-electron chi connectivity index (χ1n) is 4.66. The van der Waals surface area contributed by atoms with Crippen LogP contribution in [0.4, 0.5) is 4.39 Å². The second-order valence-corrected chi connectivity index (χ2v) is 3.05. The Morgan fingerprint density at radius 3 is 2.87 bits per heavy atom. The van der Waals surface area contributed by atoms with Gasteiger partial charge in [-0.15, -0.1) is 0 Å². The third-order valence-corrected chi connectivity index (χ3v) is 1.98. The van der Waals surface area contributed by atoms with E-state index >= 15 is 0 Å². The van der Waals surface area contributed by atoms with Crippen molar-refractivity contribution in [3.63, 3.8) is 0 Å². The normalized spacial score (nSPS) is 11.9. The molecule has 0 aliphatic rings. The Hall–Kier alpha value is -1.60. The van der Waals surface area contributed by atoms with Crippen molar-refractivity contribution in [3.05, 3.63) is 29.6 Å². The second-order valence-electron chi connectivity index (χ2n) is 3.05. The average Bonchev–Trinajstić information content (AvgIpc) is 2.27. The van der Waals surface area contributed by atoms with Crippen LogP contribution >= 0.6 is 0 Å². The molecule has 1 aromatic carbocycles. The van der Waals surface area contributed by atoms with Crippen molar-refractivity contribution in [3.8, 4) is 11.8 Å². The number of hydrogen-bond donors (Lipinski definition) is 1. The van der Waals surface area contributed by atoms with Crippen LogP contribution in [0.2, 0.25) is 0 Å². The summed E-state index contributed by atoms with van der Waals surface area (Å²) in [7, 11) is 0. The summed E-state index contributed by atoms with van der Waals surface area (Å²) in [6.07, 6.45) is -0.0283. The zero-order valence-corrected chi connectivity index (χ0v) is 8.40. The summed E-state index contributed by atoms with van der Waals surface area (Å²) in [5.41, 5.74) is 0.351. The lowest BCUT2D eigenvalue weighted by atomic mass is 10.2. The van der Waals surface area contributed by atoms with E-state index in [2.05, 4.69) is 0 Å². The highest BCUT2D eigenvalue weighted by atomic mass is 19.1. The average molecular weight is 209 g/mol. The van der Waals surface area contributed by atoms with Crippen LogP contribution in [0.5, 0.6) is 5.75 Å². The Balaban J connectivity index is 2.89. The smallest absolute Gasteiger partial charge is 0.184 e. The highest BCUT2D eigenvalue weighted by molar-refractivity contribution is 5.33. The number of aliphatic hydroxyl groups excluding tert-OH is 1. The molecule has 0 aliphatic carbocycles. The SMILES string of the molecule is CCC(C#N)Oc1ccc(F)cc1CO. The summed E-state index contributed by atoms with van der Waals surface area (Å²) >= 11 is 0. The first-order valence-corrected chi connectivity index (χ1v) is 4.66. The van der Waals surface area contributed by atoms with Crippen LogP contribution in [0.25, 0.3) is 0 Å². The molecule has 0 radical (unpaired) electrons. The van der Waals surface area contributed by atoms with Gasteiger partial charge < -0.3 is 9.84 Å². The van der Waals surface area contributed by atoms with Gasteiger partial charge >= 0.3 is 0 Å². The predicted molar refractivity (Wildman–Crippen MR) is 52.6 cm³/mol. The summed E-state index contributed by atoms with van der Waals surface area (Å²) in [5, 5.41) is 17.7. The summed E-state index contributed by atoms with van der Waals surface area (Å²) < 4.78 is 18.1. The molecule has 0 saturated heterocycles. The lowest BCUT2D eigenvalue weighted by Gasteiger charge is -2.13. The molecule has 0 amide bonds. The van der Waals surface area contributed by atoms with Crippen molar-refractivity contribution in [1.82, 2.24) is 0 Å². The lowest BCUT2D eigenvalue weighted by molar-refractivity contribution is 0.232. The Kier molecular flexibility index (Phi) is 4.07. The summed E-state index contributed by atoms with van der Waals surface area (Å²) in [6, 6.07) is 5.81. The van der Waals surface area contributed by atoms with E-state index in [1.807, 2.05) is 13.0 Å². The molecule has 0 fully saturated rings. The molecule has 15 heavy (non-hydrogen) atoms. The van der Waals surface area contributed by atoms with Crippen LogP contribution in [0.15, 0.2) is 18.2 Å². The van der Waals surface area contributed by atoms with Gasteiger partial charge in [-0.3, -0.25) is 0 Å². The molecule has 0 aliphatic heterocycles. The number of benzene rings is 1. The minimum absolute atomic E-state index is 0.311. The largest absolute Gasteiger partial charge is 0.475 e. The van der Waals surface area contributed by atoms with E-state index in [1.165, 1.54) is 18.2 Å². The van der Waals surface area contributed by atoms with Crippen molar-refractivity contribution in [2.45, 2.75) is 26.1 Å². The second kappa shape index (κ2) is 5.32. The van der Waals surface area contributed by atoms with Crippen LogP contribution in [-0.4, -0.2) is 11.2 Å². The van der Waals surface area contributed by atoms with E-state index in [9.17, 15) is 4.39 Å². The Bertz CT molecular complexity index is 373. The molecule has 80 valence electrons. The number of aliphatic hydroxyl groups is 1. The van der Waals surface area contributed by atoms with Crippen molar-refractivity contribution < 1.29 is 14.2 Å². The minimum atomic E-state index is -0.569. The minimum Gasteiger partial charge on any atom is -0.475 e. The van der Waals surface area contributed by atoms with Crippen molar-refractivity contribution in [2.75, 3.05) is 0 Å². The molecule has 0 heterocycles. The molecule has 0 bridgehead atoms. The van der Waals surface area contributed by atoms with Gasteiger partial charge in [-0.25, -0.2) is 4.39 Å². The van der Waals surface area contributed by atoms with Crippen LogP contribution in [0, 0.1) is 17.1 Å². The van der Waals surface area contributed by atoms with Crippen LogP contribution in [0.1, 0.15) is 18.9 Å². The fourth-order valence-corrected chi connectivity index (χ4v) is 1.14. The number of halogens is 1. The van der Waals surface area contributed by atoms with Gasteiger partial charge in [-0.1, -0.05) is 6.92 Å². The van der Waals surface area contributed by atoms with E-state index in [1.54, 1.807) is 0 Å². The zero-order chi connectivity index (χ0) is 11.3. The first kappa shape index (κ1) is 11.5. The number of nitrogens with zero attached hydrogens (tertiary/aromatic N) is 1. The monoisotopic (exact) mass is 209 g/mol. The molecule has 1 rings (SSSR count). The van der Waals surface area contributed by atoms with Gasteiger partial charge in [0.15, 0.2) is 6.10 Å². The van der Waals surface area contributed by atoms with E-state index in [-0.39, 0.29) is 6.61 Å². The fourth-order valence-electron chi connectivity index (χ4n) is 1.14. The molecule has 1 atom stereocenters. The summed E-state index contributed by atoms with van der Waals surface area (Å²) in [5.74, 6) is -0.0799. The van der Waals surface area contributed by atoms with Gasteiger partial charge in [0, 0.05) is 5.56 Å². The van der Waals surface area contributed by atoms with Gasteiger partial charge in [0.2, 0.25) is 0 Å². The van der Waals surface area contributed by atoms with Gasteiger partial charge in [-0.2, -0.15) is 5.26 Å². The number of hydrogen-bond acceptors (Lipinski definition) is 3. The first-order chi connectivity index (χ1) is 7.21. The third kappa shape index (κ3) is 2.93. The summed E-state index contributed by atoms with van der Waals surface area (Å²) in [4.78, 5) is 0. The van der Waals surface area contributed by atoms with Crippen molar-refractivity contribution >= 4 is 0 Å². The van der Waals surface area contributed by atoms with E-state index < -0.39 is 11.9 Å². The quantitative estimate of drug-likeness (QED) is 0.825. The highest BCUT2D eigenvalue weighted by Crippen LogP contribution is 2.21. The molecule has 0 saturated carbocycles. The molecule has 1 N–H and O–H groups in total. The molecule has 3 nitrogen and oxygen atoms in total. The lowest BCUT2D eigenvalue weighted by Crippen LogP contribution is -2.13. The van der Waals surface area contributed by atoms with Crippen molar-refractivity contribution in [1.29, 1.82) is 5.26 Å². The highest BCUT2D eigenvalue weighted by Gasteiger charge is 2.10. The molecular formula is C11H12FNO2. The molecule has 1 aromatic rings. The fraction of sp³-hybridized carbons (Fsp3) is 0.364. The zero-order valence-electron chi connectivity index (χ0n) is 8.40. The Morgan fingerprint density at radius 1 is 1.60 bits per heavy atom. The van der Waals surface area contributed by atoms with E-state index in [4.69, 9.17) is 15.1 Å². The maximum atomic E-state index is 12.8. The summed E-state index contributed by atoms with van der Waals surface area (Å²) in [6.45, 7) is 1.50. The van der Waals surface area contributed by atoms with Gasteiger partial charge in [-0.05, 0) is 24.6 Å². The molecule has 0 spiro atoms. The topological polar surface area (TPSA) is 53.2 Å². The van der Waals surface area contributed by atoms with Crippen LogP contribution in [-0.2, 0) is 6.61 Å². The van der Waals surface area contributed by atoms with E-state index in [0.717, 1.165) is 0 Å². The van der Waals surface area contributed by atoms with Crippen molar-refractivity contribution in [2.24, 2.45) is 0 Å². The Morgan fingerprint density at radius 2 is 2.33 bits per heavy atom. The predicted octanol–water partition coefficient (Wildman–Crippen LogP) is 2.00. The number of rotatable bonds is 4. The maximum Gasteiger partial charge on any atom is 0.184 e. The number of ether oxygens (including phenoxy) is 1. The van der Waals surface area contributed by atoms with Crippen LogP contribution in [0.3, 0.4) is 0 Å². The standard InChI is InChI=1S/C11H12FNO2/c1-2-10(6-13)15-11-4-3-9(12)5-8(11)7-14/h3-5,10,14H,2,7H2,1H3. The molecule has 0 aromatic heterocycles. The van der Waals surface area contributed by atoms with E-state index in [0.29, 0.717) is 17.7 Å². The van der Waals surface area contributed by atoms with Gasteiger partial charge in [0.05, 0.1) is 6.61 Å². The van der Waals surface area contributed by atoms with Gasteiger partial charge in [0.25, 0.3) is 0 Å². The van der Waals surface area contributed by atoms with Gasteiger partial charge in [0.1, 0.15) is 17.6 Å².